The summed E-state index contributed by atoms with van der Waals surface area (Å²) in [5, 5.41) is 8.13. The average Bonchev–Trinajstić information content (AvgIpc) is 3.08. The summed E-state index contributed by atoms with van der Waals surface area (Å²) in [5.74, 6) is 0.693. The summed E-state index contributed by atoms with van der Waals surface area (Å²) in [5.41, 5.74) is 3.77. The molecule has 1 aromatic carbocycles. The van der Waals surface area contributed by atoms with Gasteiger partial charge in [0.15, 0.2) is 5.65 Å². The number of carbonyl (C=O) groups is 1. The summed E-state index contributed by atoms with van der Waals surface area (Å²) in [7, 11) is 0. The van der Waals surface area contributed by atoms with E-state index in [2.05, 4.69) is 25.3 Å². The van der Waals surface area contributed by atoms with E-state index < -0.39 is 0 Å². The molecule has 1 fully saturated rings. The largest absolute Gasteiger partial charge is 0.378 e. The van der Waals surface area contributed by atoms with Crippen LogP contribution < -0.4 is 10.2 Å². The van der Waals surface area contributed by atoms with Crippen LogP contribution >= 0.6 is 0 Å². The number of nitrogens with zero attached hydrogens (tertiary/aromatic N) is 5. The first-order chi connectivity index (χ1) is 13.1. The van der Waals surface area contributed by atoms with Crippen molar-refractivity contribution >= 4 is 28.4 Å². The van der Waals surface area contributed by atoms with Crippen LogP contribution in [0.5, 0.6) is 0 Å². The number of aryl methyl sites for hydroxylation is 2. The fourth-order valence-corrected chi connectivity index (χ4v) is 3.18. The highest BCUT2D eigenvalue weighted by Gasteiger charge is 2.18. The third-order valence-corrected chi connectivity index (χ3v) is 4.81. The molecule has 0 atom stereocenters. The monoisotopic (exact) mass is 366 g/mol. The van der Waals surface area contributed by atoms with Crippen molar-refractivity contribution in [2.45, 2.75) is 20.4 Å². The van der Waals surface area contributed by atoms with Gasteiger partial charge in [-0.3, -0.25) is 4.79 Å². The highest BCUT2D eigenvalue weighted by Crippen LogP contribution is 2.23. The number of hydrogen-bond acceptors (Lipinski definition) is 6. The number of anilines is 2. The number of ether oxygens (including phenoxy) is 1. The Hall–Kier alpha value is -3.00. The minimum Gasteiger partial charge on any atom is -0.378 e. The quantitative estimate of drug-likeness (QED) is 0.759. The van der Waals surface area contributed by atoms with E-state index in [1.807, 2.05) is 32.0 Å². The number of aromatic nitrogens is 4. The molecule has 3 heterocycles. The lowest BCUT2D eigenvalue weighted by Crippen LogP contribution is -2.36. The van der Waals surface area contributed by atoms with Crippen LogP contribution in [0.3, 0.4) is 0 Å². The van der Waals surface area contributed by atoms with Gasteiger partial charge in [0.2, 0.25) is 5.91 Å². The first-order valence-corrected chi connectivity index (χ1v) is 8.98. The smallest absolute Gasteiger partial charge is 0.246 e. The van der Waals surface area contributed by atoms with Crippen molar-refractivity contribution in [3.8, 4) is 0 Å². The number of morpholine rings is 1. The van der Waals surface area contributed by atoms with Crippen LogP contribution in [0.4, 0.5) is 11.5 Å². The molecular formula is C19H22N6O2. The zero-order chi connectivity index (χ0) is 18.8. The molecule has 8 nitrogen and oxygen atoms in total. The van der Waals surface area contributed by atoms with Gasteiger partial charge in [-0.2, -0.15) is 5.10 Å². The second-order valence-corrected chi connectivity index (χ2v) is 6.68. The minimum atomic E-state index is -0.144. The number of fused-ring (bicyclic) bond motifs is 1. The molecule has 0 saturated carbocycles. The summed E-state index contributed by atoms with van der Waals surface area (Å²) in [6, 6.07) is 5.86. The lowest BCUT2D eigenvalue weighted by molar-refractivity contribution is -0.116. The predicted octanol–water partition coefficient (Wildman–Crippen LogP) is 1.92. The molecule has 0 spiro atoms. The van der Waals surface area contributed by atoms with Crippen molar-refractivity contribution in [2.75, 3.05) is 36.5 Å². The number of rotatable bonds is 4. The first-order valence-electron chi connectivity index (χ1n) is 8.98. The third-order valence-electron chi connectivity index (χ3n) is 4.81. The van der Waals surface area contributed by atoms with Crippen LogP contribution in [0.25, 0.3) is 11.0 Å². The molecule has 1 aliphatic rings. The molecule has 2 aromatic heterocycles. The molecule has 0 unspecified atom stereocenters. The summed E-state index contributed by atoms with van der Waals surface area (Å²) in [6.45, 7) is 7.08. The standard InChI is InChI=1S/C19H22N6O2/c1-13-3-4-15(9-14(13)2)23-17(26)11-25-19-16(10-22-25)18(20-12-21-19)24-5-7-27-8-6-24/h3-4,9-10,12H,5-8,11H2,1-2H3,(H,23,26). The Kier molecular flexibility index (Phi) is 4.72. The molecule has 4 rings (SSSR count). The summed E-state index contributed by atoms with van der Waals surface area (Å²) in [6.07, 6.45) is 3.25. The molecule has 1 amide bonds. The topological polar surface area (TPSA) is 85.2 Å². The average molecular weight is 366 g/mol. The molecule has 1 N–H and O–H groups in total. The van der Waals surface area contributed by atoms with Gasteiger partial charge in [0.05, 0.1) is 24.8 Å². The van der Waals surface area contributed by atoms with Crippen molar-refractivity contribution < 1.29 is 9.53 Å². The van der Waals surface area contributed by atoms with Gasteiger partial charge in [0.1, 0.15) is 18.7 Å². The van der Waals surface area contributed by atoms with Gasteiger partial charge in [-0.1, -0.05) is 6.07 Å². The number of carbonyl (C=O) groups excluding carboxylic acids is 1. The molecule has 0 bridgehead atoms. The fraction of sp³-hybridized carbons (Fsp3) is 0.368. The van der Waals surface area contributed by atoms with Gasteiger partial charge in [-0.05, 0) is 37.1 Å². The molecule has 8 heteroatoms. The minimum absolute atomic E-state index is 0.0932. The number of hydrogen-bond donors (Lipinski definition) is 1. The number of amides is 1. The van der Waals surface area contributed by atoms with E-state index >= 15 is 0 Å². The van der Waals surface area contributed by atoms with Crippen LogP contribution in [0, 0.1) is 13.8 Å². The van der Waals surface area contributed by atoms with E-state index in [0.29, 0.717) is 18.9 Å². The Morgan fingerprint density at radius 1 is 1.19 bits per heavy atom. The Labute approximate surface area is 157 Å². The van der Waals surface area contributed by atoms with Crippen molar-refractivity contribution in [3.05, 3.63) is 41.9 Å². The van der Waals surface area contributed by atoms with E-state index in [1.165, 1.54) is 11.9 Å². The summed E-state index contributed by atoms with van der Waals surface area (Å²) >= 11 is 0. The summed E-state index contributed by atoms with van der Waals surface area (Å²) < 4.78 is 7.01. The zero-order valence-corrected chi connectivity index (χ0v) is 15.5. The van der Waals surface area contributed by atoms with Gasteiger partial charge >= 0.3 is 0 Å². The van der Waals surface area contributed by atoms with Crippen molar-refractivity contribution in [3.63, 3.8) is 0 Å². The molecule has 0 aliphatic carbocycles. The van der Waals surface area contributed by atoms with Crippen LogP contribution in [-0.4, -0.2) is 52.0 Å². The number of nitrogens with one attached hydrogen (secondary N) is 1. The molecule has 0 radical (unpaired) electrons. The van der Waals surface area contributed by atoms with Crippen molar-refractivity contribution in [1.82, 2.24) is 19.7 Å². The maximum absolute atomic E-state index is 12.5. The van der Waals surface area contributed by atoms with E-state index in [1.54, 1.807) is 10.9 Å². The Bertz CT molecular complexity index is 977. The normalized spacial score (nSPS) is 14.5. The third kappa shape index (κ3) is 3.61. The Morgan fingerprint density at radius 3 is 2.78 bits per heavy atom. The second-order valence-electron chi connectivity index (χ2n) is 6.68. The van der Waals surface area contributed by atoms with Gasteiger partial charge in [-0.25, -0.2) is 14.6 Å². The van der Waals surface area contributed by atoms with Gasteiger partial charge in [0, 0.05) is 18.8 Å². The Balaban J connectivity index is 1.53. The Morgan fingerprint density at radius 2 is 2.00 bits per heavy atom. The maximum atomic E-state index is 12.5. The predicted molar refractivity (Wildman–Crippen MR) is 103 cm³/mol. The van der Waals surface area contributed by atoms with Gasteiger partial charge in [0.25, 0.3) is 0 Å². The van der Waals surface area contributed by atoms with Crippen LogP contribution in [0.15, 0.2) is 30.7 Å². The number of benzene rings is 1. The zero-order valence-electron chi connectivity index (χ0n) is 15.5. The SMILES string of the molecule is Cc1ccc(NC(=O)Cn2ncc3c(N4CCOCC4)ncnc32)cc1C. The van der Waals surface area contributed by atoms with Crippen LogP contribution in [0.2, 0.25) is 0 Å². The van der Waals surface area contributed by atoms with Gasteiger partial charge in [-0.15, -0.1) is 0 Å². The van der Waals surface area contributed by atoms with E-state index in [0.717, 1.165) is 35.5 Å². The summed E-state index contributed by atoms with van der Waals surface area (Å²) in [4.78, 5) is 23.4. The second kappa shape index (κ2) is 7.32. The molecule has 1 saturated heterocycles. The highest BCUT2D eigenvalue weighted by atomic mass is 16.5. The lowest BCUT2D eigenvalue weighted by atomic mass is 10.1. The molecular weight excluding hydrogens is 344 g/mol. The van der Waals surface area contributed by atoms with E-state index in [4.69, 9.17) is 4.74 Å². The molecule has 140 valence electrons. The maximum Gasteiger partial charge on any atom is 0.246 e. The van der Waals surface area contributed by atoms with Crippen LogP contribution in [-0.2, 0) is 16.1 Å². The highest BCUT2D eigenvalue weighted by molar-refractivity contribution is 5.92. The van der Waals surface area contributed by atoms with Gasteiger partial charge < -0.3 is 15.0 Å². The molecule has 27 heavy (non-hydrogen) atoms. The fourth-order valence-electron chi connectivity index (χ4n) is 3.18. The van der Waals surface area contributed by atoms with E-state index in [9.17, 15) is 4.79 Å². The van der Waals surface area contributed by atoms with Crippen molar-refractivity contribution in [1.29, 1.82) is 0 Å². The van der Waals surface area contributed by atoms with Crippen molar-refractivity contribution in [2.24, 2.45) is 0 Å². The molecule has 1 aliphatic heterocycles. The first kappa shape index (κ1) is 17.4. The molecule has 3 aromatic rings. The van der Waals surface area contributed by atoms with Crippen LogP contribution in [0.1, 0.15) is 11.1 Å². The lowest BCUT2D eigenvalue weighted by Gasteiger charge is -2.27. The van der Waals surface area contributed by atoms with E-state index in [-0.39, 0.29) is 12.5 Å².